The van der Waals surface area contributed by atoms with E-state index in [2.05, 4.69) is 21.4 Å². The van der Waals surface area contributed by atoms with Crippen LogP contribution in [0, 0.1) is 0 Å². The van der Waals surface area contributed by atoms with E-state index in [0.29, 0.717) is 17.4 Å². The van der Waals surface area contributed by atoms with Crippen molar-refractivity contribution in [2.45, 2.75) is 13.0 Å². The van der Waals surface area contributed by atoms with Gasteiger partial charge in [-0.15, -0.1) is 0 Å². The van der Waals surface area contributed by atoms with Crippen LogP contribution in [0.1, 0.15) is 11.1 Å². The fraction of sp³-hybridized carbons (Fsp3) is 0.133. The Hall–Kier alpha value is -1.56. The predicted molar refractivity (Wildman–Crippen MR) is 86.0 cm³/mol. The van der Waals surface area contributed by atoms with Gasteiger partial charge in [-0.3, -0.25) is 10.2 Å². The lowest BCUT2D eigenvalue weighted by Gasteiger charge is -2.12. The number of hydrazine groups is 1. The van der Waals surface area contributed by atoms with Crippen LogP contribution >= 0.6 is 27.5 Å². The summed E-state index contributed by atoms with van der Waals surface area (Å²) in [5.41, 5.74) is 3.94. The molecule has 0 saturated heterocycles. The lowest BCUT2D eigenvalue weighted by atomic mass is 10.1. The second kappa shape index (κ2) is 7.45. The third-order valence-corrected chi connectivity index (χ3v) is 3.76. The Morgan fingerprint density at radius 1 is 1.24 bits per heavy atom. The summed E-state index contributed by atoms with van der Waals surface area (Å²) >= 11 is 9.29. The van der Waals surface area contributed by atoms with E-state index in [4.69, 9.17) is 22.2 Å². The summed E-state index contributed by atoms with van der Waals surface area (Å²) in [5, 5.41) is 0.634. The van der Waals surface area contributed by atoms with Crippen molar-refractivity contribution in [3.8, 4) is 5.75 Å². The van der Waals surface area contributed by atoms with Gasteiger partial charge in [-0.1, -0.05) is 35.9 Å². The van der Waals surface area contributed by atoms with Gasteiger partial charge < -0.3 is 4.74 Å². The minimum absolute atomic E-state index is 0.220. The fourth-order valence-corrected chi connectivity index (χ4v) is 2.64. The van der Waals surface area contributed by atoms with Crippen LogP contribution in [0.15, 0.2) is 46.9 Å². The number of hydrogen-bond donors (Lipinski definition) is 2. The van der Waals surface area contributed by atoms with E-state index < -0.39 is 0 Å². The van der Waals surface area contributed by atoms with Crippen molar-refractivity contribution in [2.24, 2.45) is 5.84 Å². The van der Waals surface area contributed by atoms with E-state index in [9.17, 15) is 4.79 Å². The molecule has 4 nitrogen and oxygen atoms in total. The highest BCUT2D eigenvalue weighted by molar-refractivity contribution is 9.10. The molecule has 2 aromatic rings. The molecule has 0 fully saturated rings. The number of halogens is 2. The molecular formula is C15H14BrClN2O2. The Morgan fingerprint density at radius 3 is 2.62 bits per heavy atom. The molecule has 0 spiro atoms. The van der Waals surface area contributed by atoms with E-state index in [-0.39, 0.29) is 12.3 Å². The molecule has 0 unspecified atom stereocenters. The maximum Gasteiger partial charge on any atom is 0.238 e. The second-order valence-electron chi connectivity index (χ2n) is 4.38. The monoisotopic (exact) mass is 368 g/mol. The van der Waals surface area contributed by atoms with Crippen molar-refractivity contribution in [3.05, 3.63) is 63.1 Å². The van der Waals surface area contributed by atoms with Gasteiger partial charge in [0.15, 0.2) is 0 Å². The molecular weight excluding hydrogens is 356 g/mol. The summed E-state index contributed by atoms with van der Waals surface area (Å²) in [6.45, 7) is 0.355. The van der Waals surface area contributed by atoms with Gasteiger partial charge in [0, 0.05) is 5.02 Å². The van der Waals surface area contributed by atoms with Gasteiger partial charge in [-0.2, -0.15) is 0 Å². The van der Waals surface area contributed by atoms with Crippen LogP contribution in [0.3, 0.4) is 0 Å². The minimum Gasteiger partial charge on any atom is -0.488 e. The largest absolute Gasteiger partial charge is 0.488 e. The highest BCUT2D eigenvalue weighted by atomic mass is 79.9. The van der Waals surface area contributed by atoms with E-state index in [1.54, 1.807) is 18.2 Å². The molecule has 0 radical (unpaired) electrons. The molecule has 0 aromatic heterocycles. The zero-order chi connectivity index (χ0) is 15.2. The van der Waals surface area contributed by atoms with Crippen molar-refractivity contribution in [2.75, 3.05) is 0 Å². The predicted octanol–water partition coefficient (Wildman–Crippen LogP) is 3.21. The highest BCUT2D eigenvalue weighted by Crippen LogP contribution is 2.28. The van der Waals surface area contributed by atoms with Crippen LogP contribution in [0.4, 0.5) is 0 Å². The Kier molecular flexibility index (Phi) is 5.61. The first-order valence-corrected chi connectivity index (χ1v) is 7.41. The third kappa shape index (κ3) is 4.46. The van der Waals surface area contributed by atoms with Crippen molar-refractivity contribution in [1.29, 1.82) is 0 Å². The van der Waals surface area contributed by atoms with Gasteiger partial charge in [-0.05, 0) is 45.3 Å². The lowest BCUT2D eigenvalue weighted by Crippen LogP contribution is -2.31. The molecule has 2 rings (SSSR count). The van der Waals surface area contributed by atoms with Crippen molar-refractivity contribution in [1.82, 2.24) is 5.43 Å². The number of benzene rings is 2. The van der Waals surface area contributed by atoms with Gasteiger partial charge in [0.05, 0.1) is 10.9 Å². The molecule has 110 valence electrons. The number of amides is 1. The average molecular weight is 370 g/mol. The molecule has 3 N–H and O–H groups in total. The summed E-state index contributed by atoms with van der Waals surface area (Å²) in [7, 11) is 0. The first-order valence-electron chi connectivity index (χ1n) is 6.24. The van der Waals surface area contributed by atoms with Gasteiger partial charge in [0.2, 0.25) is 5.91 Å². The second-order valence-corrected chi connectivity index (χ2v) is 5.67. The smallest absolute Gasteiger partial charge is 0.238 e. The Morgan fingerprint density at radius 2 is 1.95 bits per heavy atom. The number of nitrogens with one attached hydrogen (secondary N) is 1. The first-order chi connectivity index (χ1) is 10.1. The molecule has 0 aliphatic heterocycles. The Balaban J connectivity index is 2.11. The SMILES string of the molecule is NNC(=O)Cc1ccccc1COc1ccc(Cl)cc1Br. The molecule has 1 amide bonds. The topological polar surface area (TPSA) is 64.3 Å². The summed E-state index contributed by atoms with van der Waals surface area (Å²) in [5.74, 6) is 5.57. The van der Waals surface area contributed by atoms with Crippen LogP contribution < -0.4 is 16.0 Å². The summed E-state index contributed by atoms with van der Waals surface area (Å²) in [6.07, 6.45) is 0.220. The molecule has 2 aromatic carbocycles. The lowest BCUT2D eigenvalue weighted by molar-refractivity contribution is -0.120. The number of hydrogen-bond acceptors (Lipinski definition) is 3. The minimum atomic E-state index is -0.241. The van der Waals surface area contributed by atoms with Gasteiger partial charge in [-0.25, -0.2) is 5.84 Å². The van der Waals surface area contributed by atoms with Gasteiger partial charge >= 0.3 is 0 Å². The number of carbonyl (C=O) groups excluding carboxylic acids is 1. The number of ether oxygens (including phenoxy) is 1. The van der Waals surface area contributed by atoms with E-state index in [1.807, 2.05) is 24.3 Å². The van der Waals surface area contributed by atoms with Gasteiger partial charge in [0.1, 0.15) is 12.4 Å². The zero-order valence-electron chi connectivity index (χ0n) is 11.1. The molecule has 6 heteroatoms. The quantitative estimate of drug-likeness (QED) is 0.483. The van der Waals surface area contributed by atoms with Crippen LogP contribution in [0.2, 0.25) is 5.02 Å². The third-order valence-electron chi connectivity index (χ3n) is 2.91. The Labute approximate surface area is 136 Å². The van der Waals surface area contributed by atoms with E-state index >= 15 is 0 Å². The fourth-order valence-electron chi connectivity index (χ4n) is 1.84. The number of nitrogens with two attached hydrogens (primary N) is 1. The number of rotatable bonds is 5. The average Bonchev–Trinajstić information content (AvgIpc) is 2.47. The molecule has 0 bridgehead atoms. The Bertz CT molecular complexity index is 649. The molecule has 0 atom stereocenters. The summed E-state index contributed by atoms with van der Waals surface area (Å²) < 4.78 is 6.55. The highest BCUT2D eigenvalue weighted by Gasteiger charge is 2.08. The standard InChI is InChI=1S/C15H14BrClN2O2/c16-13-8-12(17)5-6-14(13)21-9-11-4-2-1-3-10(11)7-15(20)19-18/h1-6,8H,7,9,18H2,(H,19,20). The van der Waals surface area contributed by atoms with Crippen LogP contribution in [-0.2, 0) is 17.8 Å². The van der Waals surface area contributed by atoms with Crippen LogP contribution in [0.25, 0.3) is 0 Å². The number of carbonyl (C=O) groups is 1. The van der Waals surface area contributed by atoms with Crippen molar-refractivity contribution in [3.63, 3.8) is 0 Å². The summed E-state index contributed by atoms with van der Waals surface area (Å²) in [6, 6.07) is 12.9. The molecule has 0 heterocycles. The summed E-state index contributed by atoms with van der Waals surface area (Å²) in [4.78, 5) is 11.4. The maximum atomic E-state index is 11.4. The van der Waals surface area contributed by atoms with E-state index in [1.165, 1.54) is 0 Å². The maximum absolute atomic E-state index is 11.4. The molecule has 0 aliphatic rings. The van der Waals surface area contributed by atoms with E-state index in [0.717, 1.165) is 15.6 Å². The van der Waals surface area contributed by atoms with Gasteiger partial charge in [0.25, 0.3) is 0 Å². The molecule has 21 heavy (non-hydrogen) atoms. The molecule has 0 aliphatic carbocycles. The van der Waals surface area contributed by atoms with Crippen molar-refractivity contribution < 1.29 is 9.53 Å². The normalized spacial score (nSPS) is 10.2. The zero-order valence-corrected chi connectivity index (χ0v) is 13.4. The van der Waals surface area contributed by atoms with Crippen LogP contribution in [-0.4, -0.2) is 5.91 Å². The molecule has 0 saturated carbocycles. The first kappa shape index (κ1) is 15.8. The van der Waals surface area contributed by atoms with Crippen LogP contribution in [0.5, 0.6) is 5.75 Å². The van der Waals surface area contributed by atoms with Crippen molar-refractivity contribution >= 4 is 33.4 Å².